The molecule has 8 nitrogen and oxygen atoms in total. The van der Waals surface area contributed by atoms with E-state index in [1.807, 2.05) is 28.9 Å². The topological polar surface area (TPSA) is 111 Å². The highest BCUT2D eigenvalue weighted by Gasteiger charge is 2.23. The lowest BCUT2D eigenvalue weighted by molar-refractivity contribution is 0.354. The molecule has 0 amide bonds. The van der Waals surface area contributed by atoms with Crippen LogP contribution < -0.4 is 15.8 Å². The van der Waals surface area contributed by atoms with Crippen LogP contribution in [0, 0.1) is 0 Å². The average Bonchev–Trinajstić information content (AvgIpc) is 3.18. The number of ether oxygens (including phenoxy) is 1. The molecule has 5 rings (SSSR count). The number of piperidine rings is 1. The predicted octanol–water partition coefficient (Wildman–Crippen LogP) is 3.50. The number of phenols is 1. The molecule has 1 unspecified atom stereocenters. The second-order valence-electron chi connectivity index (χ2n) is 7.37. The highest BCUT2D eigenvalue weighted by Crippen LogP contribution is 2.34. The Morgan fingerprint density at radius 3 is 2.47 bits per heavy atom. The molecule has 1 atom stereocenters. The number of benzene rings is 2. The molecule has 8 heteroatoms. The molecule has 152 valence electrons. The zero-order valence-corrected chi connectivity index (χ0v) is 16.3. The summed E-state index contributed by atoms with van der Waals surface area (Å²) >= 11 is 0. The number of aromatic hydroxyl groups is 1. The first-order valence-corrected chi connectivity index (χ1v) is 9.96. The van der Waals surface area contributed by atoms with Crippen molar-refractivity contribution in [3.05, 3.63) is 54.9 Å². The number of hydrogen-bond acceptors (Lipinski definition) is 7. The maximum atomic E-state index is 9.40. The lowest BCUT2D eigenvalue weighted by atomic mass is 10.1. The van der Waals surface area contributed by atoms with Crippen molar-refractivity contribution in [1.82, 2.24) is 25.1 Å². The van der Waals surface area contributed by atoms with E-state index in [1.165, 1.54) is 6.33 Å². The van der Waals surface area contributed by atoms with Crippen LogP contribution >= 0.6 is 0 Å². The van der Waals surface area contributed by atoms with Crippen molar-refractivity contribution in [2.75, 3.05) is 18.8 Å². The van der Waals surface area contributed by atoms with Crippen LogP contribution in [0.25, 0.3) is 22.3 Å². The zero-order chi connectivity index (χ0) is 20.5. The van der Waals surface area contributed by atoms with Crippen LogP contribution in [0.1, 0.15) is 18.9 Å². The molecule has 3 heterocycles. The highest BCUT2D eigenvalue weighted by atomic mass is 16.5. The van der Waals surface area contributed by atoms with Gasteiger partial charge in [-0.1, -0.05) is 0 Å². The number of nitrogens with zero attached hydrogens (tertiary/aromatic N) is 4. The monoisotopic (exact) mass is 402 g/mol. The molecule has 1 aliphatic rings. The lowest BCUT2D eigenvalue weighted by Crippen LogP contribution is -2.32. The van der Waals surface area contributed by atoms with E-state index in [4.69, 9.17) is 15.6 Å². The van der Waals surface area contributed by atoms with E-state index < -0.39 is 0 Å². The average molecular weight is 402 g/mol. The van der Waals surface area contributed by atoms with Crippen LogP contribution in [0.2, 0.25) is 0 Å². The third kappa shape index (κ3) is 3.42. The molecule has 4 N–H and O–H groups in total. The summed E-state index contributed by atoms with van der Waals surface area (Å²) in [4.78, 5) is 8.67. The summed E-state index contributed by atoms with van der Waals surface area (Å²) in [5, 5.41) is 18.5. The number of nitrogen functional groups attached to an aromatic ring is 1. The molecule has 0 spiro atoms. The molecule has 1 saturated heterocycles. The van der Waals surface area contributed by atoms with Crippen molar-refractivity contribution < 1.29 is 9.84 Å². The summed E-state index contributed by atoms with van der Waals surface area (Å²) in [5.74, 6) is 1.97. The Kier molecular flexibility index (Phi) is 4.68. The van der Waals surface area contributed by atoms with Crippen LogP contribution in [0.5, 0.6) is 17.2 Å². The van der Waals surface area contributed by atoms with Gasteiger partial charge < -0.3 is 20.9 Å². The van der Waals surface area contributed by atoms with Crippen molar-refractivity contribution in [3.8, 4) is 28.5 Å². The fraction of sp³-hybridized carbons (Fsp3) is 0.227. The molecule has 0 bridgehead atoms. The normalized spacial score (nSPS) is 16.6. The first-order chi connectivity index (χ1) is 14.7. The van der Waals surface area contributed by atoms with Gasteiger partial charge in [-0.25, -0.2) is 14.6 Å². The Labute approximate surface area is 173 Å². The minimum absolute atomic E-state index is 0.202. The summed E-state index contributed by atoms with van der Waals surface area (Å²) in [6.07, 6.45) is 3.64. The molecular weight excluding hydrogens is 380 g/mol. The van der Waals surface area contributed by atoms with Crippen LogP contribution in [0.15, 0.2) is 54.9 Å². The van der Waals surface area contributed by atoms with E-state index in [2.05, 4.69) is 15.3 Å². The number of phenolic OH excluding ortho intramolecular Hbond substituents is 1. The molecule has 1 fully saturated rings. The third-order valence-electron chi connectivity index (χ3n) is 5.34. The van der Waals surface area contributed by atoms with Crippen molar-refractivity contribution in [3.63, 3.8) is 0 Å². The van der Waals surface area contributed by atoms with Crippen molar-refractivity contribution in [2.24, 2.45) is 0 Å². The van der Waals surface area contributed by atoms with E-state index in [1.54, 1.807) is 24.3 Å². The van der Waals surface area contributed by atoms with E-state index in [0.717, 1.165) is 48.2 Å². The molecule has 1 aliphatic heterocycles. The minimum atomic E-state index is 0.202. The van der Waals surface area contributed by atoms with Crippen LogP contribution in [0.4, 0.5) is 5.82 Å². The third-order valence-corrected chi connectivity index (χ3v) is 5.34. The van der Waals surface area contributed by atoms with E-state index in [9.17, 15) is 5.11 Å². The van der Waals surface area contributed by atoms with Crippen molar-refractivity contribution in [2.45, 2.75) is 18.9 Å². The summed E-state index contributed by atoms with van der Waals surface area (Å²) in [5.41, 5.74) is 8.66. The number of aromatic nitrogens is 4. The summed E-state index contributed by atoms with van der Waals surface area (Å²) in [6, 6.07) is 14.5. The van der Waals surface area contributed by atoms with Gasteiger partial charge in [-0.15, -0.1) is 0 Å². The molecule has 2 aromatic carbocycles. The van der Waals surface area contributed by atoms with Gasteiger partial charge in [0, 0.05) is 12.1 Å². The largest absolute Gasteiger partial charge is 0.508 e. The Morgan fingerprint density at radius 1 is 1.03 bits per heavy atom. The fourth-order valence-electron chi connectivity index (χ4n) is 3.83. The van der Waals surface area contributed by atoms with E-state index >= 15 is 0 Å². The summed E-state index contributed by atoms with van der Waals surface area (Å²) in [7, 11) is 0. The van der Waals surface area contributed by atoms with Gasteiger partial charge in [-0.3, -0.25) is 0 Å². The number of nitrogens with one attached hydrogen (secondary N) is 1. The number of anilines is 1. The Morgan fingerprint density at radius 2 is 1.77 bits per heavy atom. The van der Waals surface area contributed by atoms with Crippen LogP contribution in [-0.2, 0) is 0 Å². The molecule has 30 heavy (non-hydrogen) atoms. The minimum Gasteiger partial charge on any atom is -0.508 e. The number of nitrogens with two attached hydrogens (primary N) is 1. The number of fused-ring (bicyclic) bond motifs is 1. The number of rotatable bonds is 4. The first kappa shape index (κ1) is 18.4. The second kappa shape index (κ2) is 7.64. The fourth-order valence-corrected chi connectivity index (χ4v) is 3.83. The van der Waals surface area contributed by atoms with Gasteiger partial charge >= 0.3 is 0 Å². The second-order valence-corrected chi connectivity index (χ2v) is 7.37. The summed E-state index contributed by atoms with van der Waals surface area (Å²) in [6.45, 7) is 1.89. The Bertz CT molecular complexity index is 1160. The SMILES string of the molecule is Nc1ncnc2c1c(-c1ccc(Oc3ccc(O)cc3)cc1)nn2C1CCCNC1. The van der Waals surface area contributed by atoms with Gasteiger partial charge in [0.2, 0.25) is 0 Å². The molecule has 0 aliphatic carbocycles. The van der Waals surface area contributed by atoms with Gasteiger partial charge in [0.1, 0.15) is 35.1 Å². The van der Waals surface area contributed by atoms with Gasteiger partial charge in [0.05, 0.1) is 11.4 Å². The van der Waals surface area contributed by atoms with Gasteiger partial charge in [0.25, 0.3) is 0 Å². The molecular formula is C22H22N6O2. The van der Waals surface area contributed by atoms with Gasteiger partial charge in [-0.05, 0) is 67.9 Å². The maximum Gasteiger partial charge on any atom is 0.164 e. The smallest absolute Gasteiger partial charge is 0.164 e. The zero-order valence-electron chi connectivity index (χ0n) is 16.3. The van der Waals surface area contributed by atoms with Crippen LogP contribution in [0.3, 0.4) is 0 Å². The highest BCUT2D eigenvalue weighted by molar-refractivity contribution is 5.98. The standard InChI is InChI=1S/C22H22N6O2/c23-21-19-20(27-28(22(19)26-13-25-21)15-2-1-11-24-12-15)14-3-7-17(8-4-14)30-18-9-5-16(29)6-10-18/h3-10,13,15,24,29H,1-2,11-12H2,(H2,23,25,26). The van der Waals surface area contributed by atoms with E-state index in [-0.39, 0.29) is 11.8 Å². The quantitative estimate of drug-likeness (QED) is 0.479. The molecule has 0 saturated carbocycles. The predicted molar refractivity (Wildman–Crippen MR) is 114 cm³/mol. The van der Waals surface area contributed by atoms with Crippen molar-refractivity contribution >= 4 is 16.9 Å². The van der Waals surface area contributed by atoms with Gasteiger partial charge in [0.15, 0.2) is 5.65 Å². The summed E-state index contributed by atoms with van der Waals surface area (Å²) < 4.78 is 7.82. The molecule has 4 aromatic rings. The number of hydrogen-bond donors (Lipinski definition) is 3. The first-order valence-electron chi connectivity index (χ1n) is 9.96. The Hall–Kier alpha value is -3.65. The molecule has 2 aromatic heterocycles. The lowest BCUT2D eigenvalue weighted by Gasteiger charge is -2.23. The van der Waals surface area contributed by atoms with Gasteiger partial charge in [-0.2, -0.15) is 5.10 Å². The van der Waals surface area contributed by atoms with E-state index in [0.29, 0.717) is 17.3 Å². The van der Waals surface area contributed by atoms with Crippen molar-refractivity contribution in [1.29, 1.82) is 0 Å². The van der Waals surface area contributed by atoms with Crippen LogP contribution in [-0.4, -0.2) is 37.9 Å². The maximum absolute atomic E-state index is 9.40. The molecule has 0 radical (unpaired) electrons. The Balaban J connectivity index is 1.50.